The van der Waals surface area contributed by atoms with Crippen molar-refractivity contribution in [1.82, 2.24) is 20.8 Å². The summed E-state index contributed by atoms with van der Waals surface area (Å²) in [4.78, 5) is 25.8. The van der Waals surface area contributed by atoms with Crippen molar-refractivity contribution >= 4 is 17.8 Å². The molecular weight excluding hydrogens is 322 g/mol. The van der Waals surface area contributed by atoms with E-state index in [0.29, 0.717) is 12.5 Å². The number of nitrogens with zero attached hydrogens (tertiary/aromatic N) is 2. The molecule has 1 saturated heterocycles. The maximum atomic E-state index is 12.0. The topological polar surface area (TPSA) is 99.3 Å². The summed E-state index contributed by atoms with van der Waals surface area (Å²) >= 11 is 0. The van der Waals surface area contributed by atoms with E-state index >= 15 is 0 Å². The van der Waals surface area contributed by atoms with Crippen LogP contribution in [0.3, 0.4) is 0 Å². The number of carbonyl (C=O) groups is 2. The van der Waals surface area contributed by atoms with Gasteiger partial charge >= 0.3 is 12.0 Å². The van der Waals surface area contributed by atoms with Crippen molar-refractivity contribution in [2.75, 3.05) is 24.6 Å². The SMILES string of the molecule is CCOC(=O)C(C)NC(=O)NC1CCN(c2cc(C3CC3)[nH]n2)CC1. The molecule has 2 aliphatic rings. The van der Waals surface area contributed by atoms with Crippen molar-refractivity contribution in [3.8, 4) is 0 Å². The van der Waals surface area contributed by atoms with E-state index in [1.54, 1.807) is 13.8 Å². The number of nitrogens with one attached hydrogen (secondary N) is 3. The molecule has 0 bridgehead atoms. The average Bonchev–Trinajstić information content (AvgIpc) is 3.33. The van der Waals surface area contributed by atoms with Crippen LogP contribution in [-0.4, -0.2) is 54.0 Å². The number of esters is 1. The zero-order valence-electron chi connectivity index (χ0n) is 14.9. The molecule has 1 atom stereocenters. The minimum atomic E-state index is -0.648. The third-order valence-corrected chi connectivity index (χ3v) is 4.74. The fraction of sp³-hybridized carbons (Fsp3) is 0.706. The molecule has 1 aromatic rings. The van der Waals surface area contributed by atoms with Crippen LogP contribution in [0.2, 0.25) is 0 Å². The van der Waals surface area contributed by atoms with E-state index in [-0.39, 0.29) is 12.1 Å². The number of aromatic nitrogens is 2. The summed E-state index contributed by atoms with van der Waals surface area (Å²) in [5.74, 6) is 1.25. The highest BCUT2D eigenvalue weighted by Crippen LogP contribution is 2.40. The first-order valence-corrected chi connectivity index (χ1v) is 9.10. The third-order valence-electron chi connectivity index (χ3n) is 4.74. The molecule has 0 spiro atoms. The van der Waals surface area contributed by atoms with Gasteiger partial charge in [0.25, 0.3) is 0 Å². The number of ether oxygens (including phenoxy) is 1. The number of H-pyrrole nitrogens is 1. The van der Waals surface area contributed by atoms with E-state index in [1.165, 1.54) is 18.5 Å². The lowest BCUT2D eigenvalue weighted by Crippen LogP contribution is -2.51. The van der Waals surface area contributed by atoms with E-state index in [1.807, 2.05) is 0 Å². The third kappa shape index (κ3) is 4.64. The maximum Gasteiger partial charge on any atom is 0.328 e. The molecule has 0 aromatic carbocycles. The van der Waals surface area contributed by atoms with Crippen LogP contribution in [0, 0.1) is 0 Å². The van der Waals surface area contributed by atoms with E-state index in [0.717, 1.165) is 31.7 Å². The van der Waals surface area contributed by atoms with Crippen molar-refractivity contribution in [3.05, 3.63) is 11.8 Å². The van der Waals surface area contributed by atoms with Gasteiger partial charge in [0.15, 0.2) is 5.82 Å². The molecule has 2 heterocycles. The van der Waals surface area contributed by atoms with Crippen LogP contribution < -0.4 is 15.5 Å². The lowest BCUT2D eigenvalue weighted by Gasteiger charge is -2.32. The van der Waals surface area contributed by atoms with Gasteiger partial charge in [0.1, 0.15) is 6.04 Å². The molecule has 1 aliphatic heterocycles. The van der Waals surface area contributed by atoms with Crippen molar-refractivity contribution in [1.29, 1.82) is 0 Å². The highest BCUT2D eigenvalue weighted by atomic mass is 16.5. The van der Waals surface area contributed by atoms with Gasteiger partial charge in [0, 0.05) is 36.8 Å². The van der Waals surface area contributed by atoms with Crippen LogP contribution in [-0.2, 0) is 9.53 Å². The molecule has 3 rings (SSSR count). The van der Waals surface area contributed by atoms with E-state index < -0.39 is 12.0 Å². The molecule has 1 aromatic heterocycles. The van der Waals surface area contributed by atoms with Crippen molar-refractivity contribution < 1.29 is 14.3 Å². The normalized spacial score (nSPS) is 19.4. The minimum absolute atomic E-state index is 0.104. The molecular formula is C17H27N5O3. The number of anilines is 1. The number of hydrogen-bond acceptors (Lipinski definition) is 5. The second-order valence-corrected chi connectivity index (χ2v) is 6.81. The molecule has 2 amide bonds. The van der Waals surface area contributed by atoms with Crippen LogP contribution in [0.5, 0.6) is 0 Å². The highest BCUT2D eigenvalue weighted by Gasteiger charge is 2.28. The molecule has 1 saturated carbocycles. The first kappa shape index (κ1) is 17.6. The van der Waals surface area contributed by atoms with Crippen molar-refractivity contribution in [3.63, 3.8) is 0 Å². The van der Waals surface area contributed by atoms with Crippen molar-refractivity contribution in [2.45, 2.75) is 57.5 Å². The summed E-state index contributed by atoms with van der Waals surface area (Å²) in [5, 5.41) is 13.1. The Bertz CT molecular complexity index is 605. The Morgan fingerprint density at radius 1 is 1.36 bits per heavy atom. The van der Waals surface area contributed by atoms with E-state index in [2.05, 4.69) is 31.8 Å². The van der Waals surface area contributed by atoms with Crippen LogP contribution in [0.1, 0.15) is 51.1 Å². The number of rotatable bonds is 6. The zero-order chi connectivity index (χ0) is 17.8. The van der Waals surface area contributed by atoms with Gasteiger partial charge in [-0.1, -0.05) is 0 Å². The Morgan fingerprint density at radius 2 is 2.08 bits per heavy atom. The Morgan fingerprint density at radius 3 is 2.72 bits per heavy atom. The Labute approximate surface area is 147 Å². The quantitative estimate of drug-likeness (QED) is 0.676. The zero-order valence-corrected chi connectivity index (χ0v) is 14.9. The van der Waals surface area contributed by atoms with Gasteiger partial charge in [-0.25, -0.2) is 9.59 Å². The first-order valence-electron chi connectivity index (χ1n) is 9.10. The Hall–Kier alpha value is -2.25. The molecule has 0 radical (unpaired) electrons. The van der Waals surface area contributed by atoms with Crippen LogP contribution in [0.15, 0.2) is 6.07 Å². The first-order chi connectivity index (χ1) is 12.1. The summed E-state index contributed by atoms with van der Waals surface area (Å²) in [6.45, 7) is 5.38. The minimum Gasteiger partial charge on any atom is -0.464 e. The molecule has 3 N–H and O–H groups in total. The molecule has 8 nitrogen and oxygen atoms in total. The summed E-state index contributed by atoms with van der Waals surface area (Å²) < 4.78 is 4.88. The van der Waals surface area contributed by atoms with E-state index in [9.17, 15) is 9.59 Å². The van der Waals surface area contributed by atoms with Gasteiger partial charge in [-0.15, -0.1) is 0 Å². The number of amides is 2. The number of urea groups is 1. The lowest BCUT2D eigenvalue weighted by atomic mass is 10.1. The predicted octanol–water partition coefficient (Wildman–Crippen LogP) is 1.51. The van der Waals surface area contributed by atoms with Crippen LogP contribution in [0.25, 0.3) is 0 Å². The van der Waals surface area contributed by atoms with Crippen LogP contribution >= 0.6 is 0 Å². The summed E-state index contributed by atoms with van der Waals surface area (Å²) in [5.41, 5.74) is 1.24. The fourth-order valence-electron chi connectivity index (χ4n) is 3.09. The van der Waals surface area contributed by atoms with Crippen LogP contribution in [0.4, 0.5) is 10.6 Å². The summed E-state index contributed by atoms with van der Waals surface area (Å²) in [7, 11) is 0. The fourth-order valence-corrected chi connectivity index (χ4v) is 3.09. The molecule has 2 fully saturated rings. The van der Waals surface area contributed by atoms with Gasteiger partial charge in [0.2, 0.25) is 0 Å². The summed E-state index contributed by atoms with van der Waals surface area (Å²) in [6.07, 6.45) is 4.22. The van der Waals surface area contributed by atoms with Crippen molar-refractivity contribution in [2.24, 2.45) is 0 Å². The molecule has 25 heavy (non-hydrogen) atoms. The molecule has 138 valence electrons. The van der Waals surface area contributed by atoms with Gasteiger partial charge in [-0.3, -0.25) is 5.10 Å². The summed E-state index contributed by atoms with van der Waals surface area (Å²) in [6, 6.07) is 1.28. The average molecular weight is 349 g/mol. The molecule has 1 aliphatic carbocycles. The second-order valence-electron chi connectivity index (χ2n) is 6.81. The number of piperidine rings is 1. The predicted molar refractivity (Wildman–Crippen MR) is 93.6 cm³/mol. The largest absolute Gasteiger partial charge is 0.464 e. The smallest absolute Gasteiger partial charge is 0.328 e. The Kier molecular flexibility index (Phi) is 5.45. The number of carbonyl (C=O) groups excluding carboxylic acids is 2. The highest BCUT2D eigenvalue weighted by molar-refractivity contribution is 5.83. The maximum absolute atomic E-state index is 12.0. The van der Waals surface area contributed by atoms with Gasteiger partial charge < -0.3 is 20.3 Å². The molecule has 1 unspecified atom stereocenters. The monoisotopic (exact) mass is 349 g/mol. The number of hydrogen-bond donors (Lipinski definition) is 3. The Balaban J connectivity index is 1.41. The van der Waals surface area contributed by atoms with Gasteiger partial charge in [0.05, 0.1) is 6.61 Å². The standard InChI is InChI=1S/C17H27N5O3/c1-3-25-16(23)11(2)18-17(24)19-13-6-8-22(9-7-13)15-10-14(20-21-15)12-4-5-12/h10-13H,3-9H2,1-2H3,(H,20,21)(H2,18,19,24). The molecule has 8 heteroatoms. The second kappa shape index (κ2) is 7.76. The van der Waals surface area contributed by atoms with Gasteiger partial charge in [-0.05, 0) is 39.5 Å². The van der Waals surface area contributed by atoms with E-state index in [4.69, 9.17) is 4.74 Å². The lowest BCUT2D eigenvalue weighted by molar-refractivity contribution is -0.144. The van der Waals surface area contributed by atoms with Gasteiger partial charge in [-0.2, -0.15) is 5.10 Å². The number of aromatic amines is 1.